The van der Waals surface area contributed by atoms with Gasteiger partial charge in [-0.3, -0.25) is 9.59 Å². The SMILES string of the molecule is COc1cc(C(=O)N2CCO[C@@](CCN3CCC4(CC3)c3ccccc3C[C@@H]4OCC(=O)N3CCC(CCCO)CC3)(c3ccc(Cl)c(Cl)c3)C2)cc(OC)c1OC. The maximum atomic E-state index is 14.2. The van der Waals surface area contributed by atoms with E-state index in [-0.39, 0.29) is 36.5 Å². The third-order valence-electron chi connectivity index (χ3n) is 13.1. The van der Waals surface area contributed by atoms with Gasteiger partial charge in [-0.05, 0) is 111 Å². The Morgan fingerprint density at radius 1 is 0.879 bits per heavy atom. The highest BCUT2D eigenvalue weighted by molar-refractivity contribution is 6.42. The summed E-state index contributed by atoms with van der Waals surface area (Å²) in [6, 6.07) is 17.6. The molecule has 3 heterocycles. The molecule has 2 atom stereocenters. The maximum Gasteiger partial charge on any atom is 0.254 e. The number of amides is 2. The predicted molar refractivity (Wildman–Crippen MR) is 224 cm³/mol. The number of morpholine rings is 1. The van der Waals surface area contributed by atoms with Gasteiger partial charge in [-0.25, -0.2) is 0 Å². The van der Waals surface area contributed by atoms with Crippen LogP contribution in [0.25, 0.3) is 0 Å². The Hall–Kier alpha value is -3.58. The van der Waals surface area contributed by atoms with Gasteiger partial charge < -0.3 is 43.5 Å². The minimum atomic E-state index is -0.836. The molecule has 11 nitrogen and oxygen atoms in total. The highest BCUT2D eigenvalue weighted by Crippen LogP contribution is 2.48. The number of rotatable bonds is 14. The molecule has 4 aliphatic rings. The molecule has 58 heavy (non-hydrogen) atoms. The number of methoxy groups -OCH3 is 3. The summed E-state index contributed by atoms with van der Waals surface area (Å²) >= 11 is 13.0. The molecule has 0 aromatic heterocycles. The fourth-order valence-electron chi connectivity index (χ4n) is 9.79. The summed E-state index contributed by atoms with van der Waals surface area (Å²) in [6.45, 7) is 5.36. The molecule has 1 spiro atoms. The molecule has 0 bridgehead atoms. The van der Waals surface area contributed by atoms with E-state index >= 15 is 0 Å². The van der Waals surface area contributed by atoms with Gasteiger partial charge in [-0.2, -0.15) is 0 Å². The number of ether oxygens (including phenoxy) is 5. The zero-order chi connectivity index (χ0) is 40.9. The molecule has 314 valence electrons. The quantitative estimate of drug-likeness (QED) is 0.188. The lowest BCUT2D eigenvalue weighted by Crippen LogP contribution is -2.54. The van der Waals surface area contributed by atoms with Gasteiger partial charge >= 0.3 is 0 Å². The number of carbonyl (C=O) groups excluding carboxylic acids is 2. The van der Waals surface area contributed by atoms with Crippen molar-refractivity contribution in [2.75, 3.05) is 87.0 Å². The zero-order valence-electron chi connectivity index (χ0n) is 34.0. The van der Waals surface area contributed by atoms with E-state index in [0.717, 1.165) is 83.2 Å². The molecule has 0 saturated carbocycles. The Labute approximate surface area is 352 Å². The van der Waals surface area contributed by atoms with Gasteiger partial charge in [0.15, 0.2) is 11.5 Å². The standard InChI is InChI=1S/C45H57Cl2N3O8/c1-54-38-25-33(26-39(55-2)42(38)56-3)43(53)50-22-24-58-45(30-50,34-10-11-36(46)37(47)28-34)16-21-48-19-14-44(15-20-48)35-9-5-4-8-32(35)27-40(44)57-29-41(52)49-17-12-31(13-18-49)7-6-23-51/h4-5,8-11,25-26,28,31,40,51H,6-7,12-24,27,29-30H2,1-3H3/t40-,45+/m0/s1. The fraction of sp³-hybridized carbons (Fsp3) is 0.556. The van der Waals surface area contributed by atoms with E-state index in [2.05, 4.69) is 29.2 Å². The van der Waals surface area contributed by atoms with Gasteiger partial charge in [0.1, 0.15) is 12.2 Å². The van der Waals surface area contributed by atoms with Crippen LogP contribution >= 0.6 is 23.2 Å². The monoisotopic (exact) mass is 837 g/mol. The molecule has 3 saturated heterocycles. The largest absolute Gasteiger partial charge is 0.493 e. The van der Waals surface area contributed by atoms with E-state index in [1.165, 1.54) is 32.5 Å². The molecule has 7 rings (SSSR count). The summed E-state index contributed by atoms with van der Waals surface area (Å²) in [6.07, 6.45) is 6.99. The molecule has 2 amide bonds. The molecular weight excluding hydrogens is 781 g/mol. The number of halogens is 2. The Kier molecular flexibility index (Phi) is 13.8. The molecule has 13 heteroatoms. The number of carbonyl (C=O) groups is 2. The minimum Gasteiger partial charge on any atom is -0.493 e. The number of likely N-dealkylation sites (tertiary alicyclic amines) is 2. The van der Waals surface area contributed by atoms with Crippen molar-refractivity contribution in [2.45, 2.75) is 68.5 Å². The number of aliphatic hydroxyl groups is 1. The third-order valence-corrected chi connectivity index (χ3v) is 13.9. The first kappa shape index (κ1) is 42.5. The third kappa shape index (κ3) is 8.81. The first-order valence-corrected chi connectivity index (χ1v) is 21.4. The molecule has 0 radical (unpaired) electrons. The number of nitrogens with zero attached hydrogens (tertiary/aromatic N) is 3. The topological polar surface area (TPSA) is 110 Å². The second-order valence-electron chi connectivity index (χ2n) is 16.2. The van der Waals surface area contributed by atoms with Gasteiger partial charge in [0, 0.05) is 43.8 Å². The first-order valence-electron chi connectivity index (χ1n) is 20.6. The smallest absolute Gasteiger partial charge is 0.254 e. The molecular formula is C45H57Cl2N3O8. The van der Waals surface area contributed by atoms with E-state index < -0.39 is 5.60 Å². The second kappa shape index (κ2) is 18.8. The van der Waals surface area contributed by atoms with Crippen LogP contribution < -0.4 is 14.2 Å². The summed E-state index contributed by atoms with van der Waals surface area (Å²) < 4.78 is 30.0. The molecule has 3 fully saturated rings. The lowest BCUT2D eigenvalue weighted by atomic mass is 9.72. The first-order chi connectivity index (χ1) is 28.1. The van der Waals surface area contributed by atoms with Crippen LogP contribution in [-0.4, -0.2) is 125 Å². The maximum absolute atomic E-state index is 14.2. The number of fused-ring (bicyclic) bond motifs is 2. The second-order valence-corrected chi connectivity index (χ2v) is 17.0. The molecule has 3 aromatic carbocycles. The van der Waals surface area contributed by atoms with Crippen molar-refractivity contribution in [3.63, 3.8) is 0 Å². The van der Waals surface area contributed by atoms with Crippen LogP contribution in [0.1, 0.15) is 72.0 Å². The van der Waals surface area contributed by atoms with Crippen LogP contribution in [0.5, 0.6) is 17.2 Å². The average molecular weight is 839 g/mol. The summed E-state index contributed by atoms with van der Waals surface area (Å²) in [5.41, 5.74) is 2.95. The van der Waals surface area contributed by atoms with Gasteiger partial charge in [0.2, 0.25) is 11.7 Å². The summed E-state index contributed by atoms with van der Waals surface area (Å²) in [5, 5.41) is 10.1. The van der Waals surface area contributed by atoms with Crippen molar-refractivity contribution in [3.8, 4) is 17.2 Å². The fourth-order valence-corrected chi connectivity index (χ4v) is 10.1. The van der Waals surface area contributed by atoms with Gasteiger partial charge in [0.05, 0.1) is 50.6 Å². The van der Waals surface area contributed by atoms with E-state index in [4.69, 9.17) is 46.9 Å². The van der Waals surface area contributed by atoms with Crippen molar-refractivity contribution < 1.29 is 38.4 Å². The number of piperidine rings is 2. The Morgan fingerprint density at radius 3 is 2.28 bits per heavy atom. The summed E-state index contributed by atoms with van der Waals surface area (Å²) in [7, 11) is 4.60. The van der Waals surface area contributed by atoms with Crippen LogP contribution in [0.3, 0.4) is 0 Å². The van der Waals surface area contributed by atoms with E-state index in [9.17, 15) is 14.7 Å². The van der Waals surface area contributed by atoms with Crippen LogP contribution in [0, 0.1) is 5.92 Å². The number of benzene rings is 3. The van der Waals surface area contributed by atoms with Crippen molar-refractivity contribution in [2.24, 2.45) is 5.92 Å². The summed E-state index contributed by atoms with van der Waals surface area (Å²) in [4.78, 5) is 33.9. The van der Waals surface area contributed by atoms with Gasteiger partial charge in [0.25, 0.3) is 5.91 Å². The molecule has 3 aromatic rings. The lowest BCUT2D eigenvalue weighted by molar-refractivity contribution is -0.141. The van der Waals surface area contributed by atoms with Crippen molar-refractivity contribution in [1.82, 2.24) is 14.7 Å². The molecule has 1 aliphatic carbocycles. The number of hydrogen-bond donors (Lipinski definition) is 1. The van der Waals surface area contributed by atoms with E-state index in [1.807, 2.05) is 21.9 Å². The number of hydrogen-bond acceptors (Lipinski definition) is 9. The zero-order valence-corrected chi connectivity index (χ0v) is 35.5. The molecule has 3 aliphatic heterocycles. The molecule has 1 N–H and O–H groups in total. The normalized spacial score (nSPS) is 22.2. The predicted octanol–water partition coefficient (Wildman–Crippen LogP) is 6.76. The van der Waals surface area contributed by atoms with E-state index in [1.54, 1.807) is 18.2 Å². The Morgan fingerprint density at radius 2 is 1.60 bits per heavy atom. The number of aliphatic hydroxyl groups excluding tert-OH is 1. The van der Waals surface area contributed by atoms with Crippen molar-refractivity contribution in [3.05, 3.63) is 86.9 Å². The Bertz CT molecular complexity index is 1890. The highest BCUT2D eigenvalue weighted by atomic mass is 35.5. The van der Waals surface area contributed by atoms with Crippen LogP contribution in [-0.2, 0) is 31.7 Å². The van der Waals surface area contributed by atoms with Crippen molar-refractivity contribution in [1.29, 1.82) is 0 Å². The van der Waals surface area contributed by atoms with Crippen LogP contribution in [0.2, 0.25) is 10.0 Å². The highest BCUT2D eigenvalue weighted by Gasteiger charge is 2.50. The molecule has 0 unspecified atom stereocenters. The van der Waals surface area contributed by atoms with Gasteiger partial charge in [-0.15, -0.1) is 0 Å². The van der Waals surface area contributed by atoms with Gasteiger partial charge in [-0.1, -0.05) is 53.5 Å². The van der Waals surface area contributed by atoms with Crippen molar-refractivity contribution >= 4 is 35.0 Å². The van der Waals surface area contributed by atoms with E-state index in [0.29, 0.717) is 64.9 Å². The average Bonchev–Trinajstić information content (AvgIpc) is 3.56. The van der Waals surface area contributed by atoms with Crippen LogP contribution in [0.4, 0.5) is 0 Å². The summed E-state index contributed by atoms with van der Waals surface area (Å²) in [5.74, 6) is 1.72. The Balaban J connectivity index is 1.04. The lowest BCUT2D eigenvalue weighted by Gasteiger charge is -2.46. The van der Waals surface area contributed by atoms with Crippen LogP contribution in [0.15, 0.2) is 54.6 Å². The minimum absolute atomic E-state index is 0.0713.